The normalized spacial score (nSPS) is 12.0. The van der Waals surface area contributed by atoms with Gasteiger partial charge in [0.05, 0.1) is 18.3 Å². The fourth-order valence-electron chi connectivity index (χ4n) is 2.77. The van der Waals surface area contributed by atoms with Gasteiger partial charge in [0.2, 0.25) is 0 Å². The van der Waals surface area contributed by atoms with Crippen LogP contribution in [-0.2, 0) is 0 Å². The molecule has 3 aromatic rings. The second-order valence-electron chi connectivity index (χ2n) is 6.05. The summed E-state index contributed by atoms with van der Waals surface area (Å²) < 4.78 is 14.3. The summed E-state index contributed by atoms with van der Waals surface area (Å²) in [5, 5.41) is 4.17. The van der Waals surface area contributed by atoms with Crippen LogP contribution < -0.4 is 0 Å². The van der Waals surface area contributed by atoms with Crippen LogP contribution in [0.1, 0.15) is 41.1 Å². The first-order chi connectivity index (χ1) is 13.1. The molecular formula is C18H20FN7O. The molecule has 0 aliphatic rings. The van der Waals surface area contributed by atoms with Crippen molar-refractivity contribution in [3.8, 4) is 5.95 Å². The van der Waals surface area contributed by atoms with Crippen LogP contribution in [0.15, 0.2) is 43.2 Å². The van der Waals surface area contributed by atoms with Crippen molar-refractivity contribution in [2.45, 2.75) is 26.3 Å². The number of pyridine rings is 1. The third-order valence-electron chi connectivity index (χ3n) is 4.07. The van der Waals surface area contributed by atoms with Crippen molar-refractivity contribution >= 4 is 5.91 Å². The minimum absolute atomic E-state index is 0.227. The van der Waals surface area contributed by atoms with E-state index >= 15 is 0 Å². The summed E-state index contributed by atoms with van der Waals surface area (Å²) in [6, 6.07) is 3.00. The molecule has 0 aliphatic heterocycles. The molecule has 0 radical (unpaired) electrons. The van der Waals surface area contributed by atoms with Crippen molar-refractivity contribution in [2.24, 2.45) is 0 Å². The number of rotatable bonds is 7. The summed E-state index contributed by atoms with van der Waals surface area (Å²) in [4.78, 5) is 31.3. The van der Waals surface area contributed by atoms with E-state index < -0.39 is 12.7 Å². The topological polar surface area (TPSA) is 89.7 Å². The molecule has 3 aromatic heterocycles. The fraction of sp³-hybridized carbons (Fsp3) is 0.333. The Morgan fingerprint density at radius 2 is 2.04 bits per heavy atom. The zero-order valence-corrected chi connectivity index (χ0v) is 15.2. The molecule has 1 amide bonds. The Morgan fingerprint density at radius 1 is 1.26 bits per heavy atom. The number of hydrogen-bond acceptors (Lipinski definition) is 6. The molecule has 0 fully saturated rings. The maximum atomic E-state index is 13.1. The highest BCUT2D eigenvalue weighted by Crippen LogP contribution is 2.22. The van der Waals surface area contributed by atoms with Crippen molar-refractivity contribution in [1.29, 1.82) is 0 Å². The Kier molecular flexibility index (Phi) is 5.80. The van der Waals surface area contributed by atoms with E-state index in [4.69, 9.17) is 0 Å². The van der Waals surface area contributed by atoms with Crippen molar-refractivity contribution in [3.05, 3.63) is 60.2 Å². The van der Waals surface area contributed by atoms with E-state index in [1.807, 2.05) is 13.8 Å². The molecule has 9 heteroatoms. The lowest BCUT2D eigenvalue weighted by molar-refractivity contribution is 0.0674. The first kappa shape index (κ1) is 18.6. The summed E-state index contributed by atoms with van der Waals surface area (Å²) in [7, 11) is 0. The molecule has 1 unspecified atom stereocenters. The van der Waals surface area contributed by atoms with Gasteiger partial charge in [-0.3, -0.25) is 14.2 Å². The second kappa shape index (κ2) is 8.43. The quantitative estimate of drug-likeness (QED) is 0.635. The molecule has 3 heterocycles. The number of amides is 1. The molecule has 1 atom stereocenters. The molecule has 140 valence electrons. The average Bonchev–Trinajstić information content (AvgIpc) is 3.18. The predicted octanol–water partition coefficient (Wildman–Crippen LogP) is 2.32. The first-order valence-corrected chi connectivity index (χ1v) is 8.57. The molecule has 0 spiro atoms. The van der Waals surface area contributed by atoms with Gasteiger partial charge in [0, 0.05) is 31.3 Å². The summed E-state index contributed by atoms with van der Waals surface area (Å²) in [6.45, 7) is 3.41. The van der Waals surface area contributed by atoms with Gasteiger partial charge in [-0.05, 0) is 38.0 Å². The maximum absolute atomic E-state index is 13.1. The highest BCUT2D eigenvalue weighted by molar-refractivity contribution is 5.94. The Hall–Kier alpha value is -3.23. The molecule has 3 rings (SSSR count). The Labute approximate surface area is 156 Å². The average molecular weight is 369 g/mol. The van der Waals surface area contributed by atoms with E-state index in [0.717, 1.165) is 5.56 Å². The molecule has 0 N–H and O–H groups in total. The van der Waals surface area contributed by atoms with Gasteiger partial charge >= 0.3 is 0 Å². The van der Waals surface area contributed by atoms with E-state index in [9.17, 15) is 9.18 Å². The Morgan fingerprint density at radius 3 is 2.74 bits per heavy atom. The van der Waals surface area contributed by atoms with E-state index in [2.05, 4.69) is 25.0 Å². The number of carbonyl (C=O) groups is 1. The Balaban J connectivity index is 1.94. The van der Waals surface area contributed by atoms with Crippen LogP contribution in [0.3, 0.4) is 0 Å². The molecule has 0 saturated carbocycles. The lowest BCUT2D eigenvalue weighted by atomic mass is 10.1. The van der Waals surface area contributed by atoms with E-state index in [1.54, 1.807) is 35.6 Å². The first-order valence-electron chi connectivity index (χ1n) is 8.57. The summed E-state index contributed by atoms with van der Waals surface area (Å²) in [5.41, 5.74) is 1.32. The smallest absolute Gasteiger partial charge is 0.256 e. The fourth-order valence-corrected chi connectivity index (χ4v) is 2.77. The van der Waals surface area contributed by atoms with Crippen molar-refractivity contribution in [1.82, 2.24) is 34.6 Å². The van der Waals surface area contributed by atoms with Gasteiger partial charge in [0.15, 0.2) is 5.82 Å². The predicted molar refractivity (Wildman–Crippen MR) is 96.0 cm³/mol. The highest BCUT2D eigenvalue weighted by Gasteiger charge is 2.27. The van der Waals surface area contributed by atoms with Crippen LogP contribution in [0, 0.1) is 6.92 Å². The lowest BCUT2D eigenvalue weighted by Crippen LogP contribution is -2.36. The van der Waals surface area contributed by atoms with Gasteiger partial charge in [-0.25, -0.2) is 15.0 Å². The summed E-state index contributed by atoms with van der Waals surface area (Å²) in [5.74, 6) is 0.608. The summed E-state index contributed by atoms with van der Waals surface area (Å²) >= 11 is 0. The number of nitrogens with zero attached hydrogens (tertiary/aromatic N) is 7. The van der Waals surface area contributed by atoms with Crippen molar-refractivity contribution in [2.75, 3.05) is 13.2 Å². The highest BCUT2D eigenvalue weighted by atomic mass is 19.1. The number of hydrogen-bond donors (Lipinski definition) is 0. The van der Waals surface area contributed by atoms with Gasteiger partial charge in [-0.1, -0.05) is 0 Å². The van der Waals surface area contributed by atoms with Crippen LogP contribution in [0.2, 0.25) is 0 Å². The van der Waals surface area contributed by atoms with Gasteiger partial charge in [0.25, 0.3) is 11.9 Å². The lowest BCUT2D eigenvalue weighted by Gasteiger charge is -2.28. The van der Waals surface area contributed by atoms with Gasteiger partial charge in [-0.15, -0.1) is 0 Å². The van der Waals surface area contributed by atoms with Gasteiger partial charge in [-0.2, -0.15) is 9.78 Å². The standard InChI is InChI=1S/C18H20FN7O/c1-13-9-15(11-20-10-13)17(27)25(8-3-5-19)14(2)16-23-12-24-26(16)18-21-6-4-7-22-18/h4,6-7,9-12,14H,3,5,8H2,1-2H3. The molecule has 0 aliphatic carbocycles. The van der Waals surface area contributed by atoms with Crippen LogP contribution in [0.4, 0.5) is 4.39 Å². The third kappa shape index (κ3) is 4.13. The van der Waals surface area contributed by atoms with Crippen LogP contribution in [0.5, 0.6) is 0 Å². The largest absolute Gasteiger partial charge is 0.329 e. The second-order valence-corrected chi connectivity index (χ2v) is 6.05. The minimum atomic E-state index is -0.517. The number of halogens is 1. The van der Waals surface area contributed by atoms with Crippen molar-refractivity contribution in [3.63, 3.8) is 0 Å². The monoisotopic (exact) mass is 369 g/mol. The van der Waals surface area contributed by atoms with Gasteiger partial charge < -0.3 is 4.90 Å². The SMILES string of the molecule is Cc1cncc(C(=O)N(CCCF)C(C)c2ncnn2-c2ncccn2)c1. The molecule has 0 saturated heterocycles. The number of carbonyl (C=O) groups excluding carboxylic acids is 1. The Bertz CT molecular complexity index is 899. The molecule has 27 heavy (non-hydrogen) atoms. The van der Waals surface area contributed by atoms with E-state index in [-0.39, 0.29) is 18.9 Å². The zero-order chi connectivity index (χ0) is 19.2. The zero-order valence-electron chi connectivity index (χ0n) is 15.2. The van der Waals surface area contributed by atoms with E-state index in [1.165, 1.54) is 17.2 Å². The number of alkyl halides is 1. The van der Waals surface area contributed by atoms with Crippen LogP contribution in [0.25, 0.3) is 5.95 Å². The van der Waals surface area contributed by atoms with Crippen molar-refractivity contribution < 1.29 is 9.18 Å². The number of aryl methyl sites for hydroxylation is 1. The third-order valence-corrected chi connectivity index (χ3v) is 4.07. The van der Waals surface area contributed by atoms with Crippen LogP contribution >= 0.6 is 0 Å². The van der Waals surface area contributed by atoms with Gasteiger partial charge in [0.1, 0.15) is 6.33 Å². The minimum Gasteiger partial charge on any atom is -0.329 e. The number of aromatic nitrogens is 6. The molecule has 0 aromatic carbocycles. The molecular weight excluding hydrogens is 349 g/mol. The van der Waals surface area contributed by atoms with Crippen LogP contribution in [-0.4, -0.2) is 53.7 Å². The molecule has 0 bridgehead atoms. The van der Waals surface area contributed by atoms with E-state index in [0.29, 0.717) is 17.3 Å². The maximum Gasteiger partial charge on any atom is 0.256 e. The molecule has 8 nitrogen and oxygen atoms in total. The summed E-state index contributed by atoms with van der Waals surface area (Å²) in [6.07, 6.45) is 8.00.